The van der Waals surface area contributed by atoms with Gasteiger partial charge in [-0.2, -0.15) is 0 Å². The fourth-order valence-electron chi connectivity index (χ4n) is 1.51. The quantitative estimate of drug-likeness (QED) is 0.510. The van der Waals surface area contributed by atoms with Crippen molar-refractivity contribution in [1.82, 2.24) is 0 Å². The van der Waals surface area contributed by atoms with Gasteiger partial charge in [0.1, 0.15) is 0 Å². The molecule has 0 atom stereocenters. The molecule has 0 heterocycles. The molecule has 0 aliphatic rings. The largest absolute Gasteiger partial charge is 0.486 e. The molecule has 18 heavy (non-hydrogen) atoms. The highest BCUT2D eigenvalue weighted by Gasteiger charge is 2.15. The van der Waals surface area contributed by atoms with E-state index < -0.39 is 0 Å². The lowest BCUT2D eigenvalue weighted by atomic mass is 10.2. The van der Waals surface area contributed by atoms with Crippen molar-refractivity contribution in [3.63, 3.8) is 0 Å². The monoisotopic (exact) mass is 249 g/mol. The summed E-state index contributed by atoms with van der Waals surface area (Å²) in [5.41, 5.74) is 1.49. The molecule has 0 bridgehead atoms. The first kappa shape index (κ1) is 14.5. The van der Waals surface area contributed by atoms with E-state index in [1.165, 1.54) is 0 Å². The SMILES string of the molecule is CCCCOc1cc(COCCC)ccc1[N+]#N. The Hall–Kier alpha value is -1.60. The van der Waals surface area contributed by atoms with Crippen molar-refractivity contribution in [2.24, 2.45) is 0 Å². The smallest absolute Gasteiger partial charge is 0.426 e. The molecule has 0 radical (unpaired) electrons. The maximum Gasteiger partial charge on any atom is 0.426 e. The molecule has 0 N–H and O–H groups in total. The van der Waals surface area contributed by atoms with Gasteiger partial charge >= 0.3 is 5.69 Å². The maximum atomic E-state index is 8.89. The van der Waals surface area contributed by atoms with Crippen molar-refractivity contribution >= 4 is 5.69 Å². The lowest BCUT2D eigenvalue weighted by Gasteiger charge is -2.06. The van der Waals surface area contributed by atoms with Gasteiger partial charge in [-0.1, -0.05) is 20.3 Å². The molecule has 0 fully saturated rings. The Labute approximate surface area is 109 Å². The van der Waals surface area contributed by atoms with Gasteiger partial charge in [-0.3, -0.25) is 0 Å². The van der Waals surface area contributed by atoms with E-state index in [1.54, 1.807) is 6.07 Å². The first-order valence-electron chi connectivity index (χ1n) is 6.50. The number of hydrogen-bond donors (Lipinski definition) is 0. The molecule has 0 aliphatic heterocycles. The van der Waals surface area contributed by atoms with Crippen LogP contribution in [0, 0.1) is 5.39 Å². The van der Waals surface area contributed by atoms with E-state index in [1.807, 2.05) is 12.1 Å². The lowest BCUT2D eigenvalue weighted by molar-refractivity contribution is 0.121. The second-order valence-corrected chi connectivity index (χ2v) is 4.16. The highest BCUT2D eigenvalue weighted by atomic mass is 16.5. The first-order chi connectivity index (χ1) is 8.81. The summed E-state index contributed by atoms with van der Waals surface area (Å²) in [7, 11) is 0. The number of nitrogens with zero attached hydrogens (tertiary/aromatic N) is 2. The Morgan fingerprint density at radius 2 is 2.00 bits per heavy atom. The van der Waals surface area contributed by atoms with Crippen molar-refractivity contribution in [3.8, 4) is 5.75 Å². The van der Waals surface area contributed by atoms with E-state index in [0.717, 1.165) is 31.4 Å². The molecule has 0 aliphatic carbocycles. The third-order valence-corrected chi connectivity index (χ3v) is 2.50. The zero-order valence-corrected chi connectivity index (χ0v) is 11.2. The average molecular weight is 249 g/mol. The zero-order chi connectivity index (χ0) is 13.2. The summed E-state index contributed by atoms with van der Waals surface area (Å²) in [6.07, 6.45) is 3.07. The molecule has 0 saturated carbocycles. The molecular formula is C14H21N2O2+. The molecule has 0 aromatic heterocycles. The summed E-state index contributed by atoms with van der Waals surface area (Å²) in [5, 5.41) is 8.89. The van der Waals surface area contributed by atoms with Crippen LogP contribution in [0.4, 0.5) is 5.69 Å². The number of ether oxygens (including phenoxy) is 2. The standard InChI is InChI=1S/C14H21N2O2/c1-3-5-9-18-14-10-12(11-17-8-4-2)6-7-13(14)16-15/h6-7,10H,3-5,8-9,11H2,1-2H3/q+1. The summed E-state index contributed by atoms with van der Waals surface area (Å²) >= 11 is 0. The lowest BCUT2D eigenvalue weighted by Crippen LogP contribution is -1.98. The van der Waals surface area contributed by atoms with Gasteiger partial charge in [-0.05, 0) is 30.5 Å². The highest BCUT2D eigenvalue weighted by Crippen LogP contribution is 2.29. The van der Waals surface area contributed by atoms with Crippen LogP contribution < -0.4 is 4.74 Å². The first-order valence-corrected chi connectivity index (χ1v) is 6.50. The van der Waals surface area contributed by atoms with Gasteiger partial charge in [-0.15, -0.1) is 0 Å². The van der Waals surface area contributed by atoms with Crippen LogP contribution in [0.2, 0.25) is 0 Å². The van der Waals surface area contributed by atoms with Gasteiger partial charge in [0.25, 0.3) is 0 Å². The molecule has 1 aromatic carbocycles. The van der Waals surface area contributed by atoms with Crippen LogP contribution in [0.3, 0.4) is 0 Å². The minimum Gasteiger partial charge on any atom is -0.486 e. The molecule has 0 spiro atoms. The minimum atomic E-state index is 0.463. The Balaban J connectivity index is 2.66. The molecule has 98 valence electrons. The number of benzene rings is 1. The van der Waals surface area contributed by atoms with E-state index >= 15 is 0 Å². The van der Waals surface area contributed by atoms with Crippen molar-refractivity contribution < 1.29 is 9.47 Å². The van der Waals surface area contributed by atoms with Crippen molar-refractivity contribution in [2.75, 3.05) is 13.2 Å². The Kier molecular flexibility index (Phi) is 6.82. The average Bonchev–Trinajstić information content (AvgIpc) is 2.40. The van der Waals surface area contributed by atoms with Crippen LogP contribution in [0.5, 0.6) is 5.75 Å². The third-order valence-electron chi connectivity index (χ3n) is 2.50. The fraction of sp³-hybridized carbons (Fsp3) is 0.571. The van der Waals surface area contributed by atoms with Crippen LogP contribution in [-0.2, 0) is 11.3 Å². The van der Waals surface area contributed by atoms with Crippen molar-refractivity contribution in [3.05, 3.63) is 28.7 Å². The number of rotatable bonds is 8. The number of hydrogen-bond acceptors (Lipinski definition) is 3. The Morgan fingerprint density at radius 1 is 1.17 bits per heavy atom. The molecular weight excluding hydrogens is 228 g/mol. The highest BCUT2D eigenvalue weighted by molar-refractivity contribution is 5.58. The van der Waals surface area contributed by atoms with Gasteiger partial charge in [0.05, 0.1) is 13.2 Å². The van der Waals surface area contributed by atoms with Crippen LogP contribution in [0.1, 0.15) is 38.7 Å². The third kappa shape index (κ3) is 4.72. The molecule has 0 amide bonds. The molecule has 1 rings (SSSR count). The Bertz CT molecular complexity index is 399. The fourth-order valence-corrected chi connectivity index (χ4v) is 1.51. The summed E-state index contributed by atoms with van der Waals surface area (Å²) in [4.78, 5) is 3.22. The van der Waals surface area contributed by atoms with E-state index in [0.29, 0.717) is 24.7 Å². The van der Waals surface area contributed by atoms with Crippen LogP contribution in [0.15, 0.2) is 18.2 Å². The predicted octanol–water partition coefficient (Wildman–Crippen LogP) is 4.28. The topological polar surface area (TPSA) is 46.6 Å². The van der Waals surface area contributed by atoms with Crippen molar-refractivity contribution in [1.29, 1.82) is 5.39 Å². The van der Waals surface area contributed by atoms with Gasteiger partial charge in [0.15, 0.2) is 4.98 Å². The zero-order valence-electron chi connectivity index (χ0n) is 11.2. The molecule has 4 heteroatoms. The van der Waals surface area contributed by atoms with Crippen LogP contribution >= 0.6 is 0 Å². The molecule has 0 saturated heterocycles. The van der Waals surface area contributed by atoms with E-state index in [4.69, 9.17) is 14.9 Å². The molecule has 0 unspecified atom stereocenters. The minimum absolute atomic E-state index is 0.463. The summed E-state index contributed by atoms with van der Waals surface area (Å²) < 4.78 is 11.1. The van der Waals surface area contributed by atoms with E-state index in [-0.39, 0.29) is 0 Å². The van der Waals surface area contributed by atoms with Gasteiger partial charge in [-0.25, -0.2) is 0 Å². The van der Waals surface area contributed by atoms with Gasteiger partial charge in [0.2, 0.25) is 11.1 Å². The predicted molar refractivity (Wildman–Crippen MR) is 71.5 cm³/mol. The summed E-state index contributed by atoms with van der Waals surface area (Å²) in [6, 6.07) is 5.50. The Morgan fingerprint density at radius 3 is 2.67 bits per heavy atom. The second-order valence-electron chi connectivity index (χ2n) is 4.16. The van der Waals surface area contributed by atoms with E-state index in [2.05, 4.69) is 18.8 Å². The number of diazo groups is 1. The molecule has 4 nitrogen and oxygen atoms in total. The van der Waals surface area contributed by atoms with Gasteiger partial charge < -0.3 is 9.47 Å². The summed E-state index contributed by atoms with van der Waals surface area (Å²) in [5.74, 6) is 0.614. The van der Waals surface area contributed by atoms with Crippen molar-refractivity contribution in [2.45, 2.75) is 39.7 Å². The number of unbranched alkanes of at least 4 members (excludes halogenated alkanes) is 1. The van der Waals surface area contributed by atoms with Crippen LogP contribution in [0.25, 0.3) is 4.98 Å². The van der Waals surface area contributed by atoms with E-state index in [9.17, 15) is 0 Å². The van der Waals surface area contributed by atoms with Crippen LogP contribution in [-0.4, -0.2) is 13.2 Å². The van der Waals surface area contributed by atoms with Gasteiger partial charge in [0, 0.05) is 12.7 Å². The molecule has 1 aromatic rings. The maximum absolute atomic E-state index is 8.89. The second kappa shape index (κ2) is 8.48. The normalized spacial score (nSPS) is 10.1. The summed E-state index contributed by atoms with van der Waals surface area (Å²) in [6.45, 7) is 6.13.